The molecule has 2 unspecified atom stereocenters. The molecule has 0 fully saturated rings. The molecule has 2 aliphatic rings. The maximum atomic E-state index is 8.54. The van der Waals surface area contributed by atoms with Crippen molar-refractivity contribution in [1.29, 1.82) is 0 Å². The van der Waals surface area contributed by atoms with Gasteiger partial charge in [0.2, 0.25) is 0 Å². The van der Waals surface area contributed by atoms with Crippen LogP contribution in [-0.2, 0) is 22.1 Å². The van der Waals surface area contributed by atoms with Crippen molar-refractivity contribution in [3.8, 4) is 22.3 Å². The van der Waals surface area contributed by atoms with Crippen LogP contribution in [0.2, 0.25) is 0 Å². The fraction of sp³-hybridized carbons (Fsp3) is 0.123. The molecule has 2 N–H and O–H groups in total. The molecule has 9 aromatic rings. The number of nitrogens with two attached hydrogens (primary N) is 1. The summed E-state index contributed by atoms with van der Waals surface area (Å²) in [5.41, 5.74) is 19.7. The van der Waals surface area contributed by atoms with E-state index in [4.69, 9.17) is 22.8 Å². The van der Waals surface area contributed by atoms with E-state index in [2.05, 4.69) is 178 Å². The van der Waals surface area contributed by atoms with Crippen LogP contribution in [0.3, 0.4) is 0 Å². The van der Waals surface area contributed by atoms with E-state index in [-0.39, 0.29) is 7.25 Å². The summed E-state index contributed by atoms with van der Waals surface area (Å²) in [5, 5.41) is 10.2. The molecule has 2 aliphatic carbocycles. The van der Waals surface area contributed by atoms with Crippen molar-refractivity contribution in [1.82, 2.24) is 0 Å². The number of hydrogen-bond acceptors (Lipinski definition) is 1. The molecule has 0 aliphatic heterocycles. The number of rotatable bonds is 7. The van der Waals surface area contributed by atoms with E-state index in [9.17, 15) is 0 Å². The number of halogens is 2. The number of fused-ring (bicyclic) bond motifs is 6. The molecule has 11 rings (SSSR count). The zero-order valence-electron chi connectivity index (χ0n) is 35.4. The van der Waals surface area contributed by atoms with E-state index in [1.54, 1.807) is 0 Å². The molecule has 2 atom stereocenters. The van der Waals surface area contributed by atoms with Gasteiger partial charge in [0, 0.05) is 6.54 Å². The molecular weight excluding hydrogens is 889 g/mol. The SMILES string of the molecule is CCC1=Cc2c(-c3c4ccccc4cc4ccccc34)cccc2[CH]1[Zr]([SiH3])([Cl])([Cl])[CH]1C(CC)=Cc2c(-c3c4ccccc4cc4ccccc34)cccc21.NCc1cc[c]cc1. The number of benzene rings is 9. The molecule has 1 nitrogen and oxygen atoms in total. The molecule has 5 heteroatoms. The first-order valence-corrected chi connectivity index (χ1v) is 39.5. The van der Waals surface area contributed by atoms with E-state index in [1.165, 1.54) is 98.7 Å². The second-order valence-electron chi connectivity index (χ2n) is 17.3. The third kappa shape index (κ3) is 6.89. The van der Waals surface area contributed by atoms with Gasteiger partial charge in [0.1, 0.15) is 0 Å². The fourth-order valence-electron chi connectivity index (χ4n) is 10.9. The van der Waals surface area contributed by atoms with Crippen molar-refractivity contribution in [2.24, 2.45) is 5.73 Å². The minimum Gasteiger partial charge on any atom is -0.326 e. The maximum absolute atomic E-state index is 8.54. The molecule has 304 valence electrons. The second kappa shape index (κ2) is 16.4. The monoisotopic (exact) mass is 935 g/mol. The van der Waals surface area contributed by atoms with Gasteiger partial charge in [0.15, 0.2) is 0 Å². The Bertz CT molecular complexity index is 2970. The molecule has 0 saturated heterocycles. The van der Waals surface area contributed by atoms with E-state index < -0.39 is 15.6 Å². The third-order valence-corrected chi connectivity index (χ3v) is 35.5. The predicted octanol–water partition coefficient (Wildman–Crippen LogP) is 15.3. The van der Waals surface area contributed by atoms with Crippen LogP contribution in [0.5, 0.6) is 0 Å². The Balaban J connectivity index is 0.000000518. The molecule has 1 radical (unpaired) electrons. The van der Waals surface area contributed by atoms with Crippen molar-refractivity contribution in [3.05, 3.63) is 215 Å². The molecule has 0 heterocycles. The second-order valence-corrected chi connectivity index (χ2v) is 61.4. The van der Waals surface area contributed by atoms with Crippen LogP contribution in [0.15, 0.2) is 181 Å². The first-order chi connectivity index (χ1) is 30.2. The Labute approximate surface area is 375 Å². The smallest absolute Gasteiger partial charge is 0.0178 e. The normalized spacial score (nSPS) is 16.4. The summed E-state index contributed by atoms with van der Waals surface area (Å²) >= 11 is -4.78. The van der Waals surface area contributed by atoms with Crippen molar-refractivity contribution in [3.63, 3.8) is 0 Å². The third-order valence-electron chi connectivity index (χ3n) is 13.6. The Morgan fingerprint density at radius 2 is 0.887 bits per heavy atom. The van der Waals surface area contributed by atoms with Crippen LogP contribution in [0.4, 0.5) is 0 Å². The minimum absolute atomic E-state index is 0.0515. The first-order valence-electron chi connectivity index (χ1n) is 21.9. The van der Waals surface area contributed by atoms with Gasteiger partial charge < -0.3 is 5.73 Å². The zero-order valence-corrected chi connectivity index (χ0v) is 41.4. The Kier molecular flexibility index (Phi) is 10.9. The average Bonchev–Trinajstić information content (AvgIpc) is 3.91. The van der Waals surface area contributed by atoms with Gasteiger partial charge in [0.25, 0.3) is 0 Å². The standard InChI is InChI=1S/2C25H19.C7H8N.2ClH.H3Si.Zr/c2*1-2-17-14-18-10-7-13-23(24(18)15-17)25-21-11-5-3-8-19(21)16-20-9-4-6-12-22(20)25;8-6-7-4-2-1-3-5-7;;;;/h2*3-16H,2H2,1H3;2-5H,6,8H2;2*1H;1H3;/q;;;;;;+2/p-2. The van der Waals surface area contributed by atoms with Gasteiger partial charge in [0.05, 0.1) is 0 Å². The quantitative estimate of drug-likeness (QED) is 0.125. The summed E-state index contributed by atoms with van der Waals surface area (Å²) in [5.74, 6) is 0. The van der Waals surface area contributed by atoms with Crippen molar-refractivity contribution < 1.29 is 15.6 Å². The summed E-state index contributed by atoms with van der Waals surface area (Å²) in [7, 11) is 17.8. The number of allylic oxidation sites excluding steroid dienone is 2. The maximum Gasteiger partial charge on any atom is 0.0178 e. The summed E-state index contributed by atoms with van der Waals surface area (Å²) in [4.78, 5) is 0. The van der Waals surface area contributed by atoms with Crippen LogP contribution in [-0.4, -0.2) is 7.37 Å². The summed E-state index contributed by atoms with van der Waals surface area (Å²) in [6.07, 6.45) is 6.80. The molecule has 62 heavy (non-hydrogen) atoms. The van der Waals surface area contributed by atoms with Crippen LogP contribution in [0, 0.1) is 6.07 Å². The van der Waals surface area contributed by atoms with Crippen LogP contribution < -0.4 is 5.73 Å². The predicted molar refractivity (Wildman–Crippen MR) is 271 cm³/mol. The first kappa shape index (κ1) is 41.2. The molecule has 0 bridgehead atoms. The Morgan fingerprint density at radius 1 is 0.516 bits per heavy atom. The van der Waals surface area contributed by atoms with Gasteiger partial charge in [-0.15, -0.1) is 0 Å². The molecule has 0 spiro atoms. The van der Waals surface area contributed by atoms with E-state index in [1.807, 2.05) is 24.3 Å². The summed E-state index contributed by atoms with van der Waals surface area (Å²) in [6, 6.07) is 64.3. The van der Waals surface area contributed by atoms with Gasteiger partial charge in [-0.05, 0) is 11.6 Å². The van der Waals surface area contributed by atoms with Crippen LogP contribution >= 0.6 is 17.0 Å². The summed E-state index contributed by atoms with van der Waals surface area (Å²) in [6.45, 7) is 5.21. The van der Waals surface area contributed by atoms with Crippen LogP contribution in [0.1, 0.15) is 61.8 Å². The molecule has 0 aromatic heterocycles. The Hall–Kier alpha value is -4.86. The molecule has 0 amide bonds. The van der Waals surface area contributed by atoms with Crippen molar-refractivity contribution >= 4 is 79.6 Å². The van der Waals surface area contributed by atoms with Gasteiger partial charge in [-0.2, -0.15) is 0 Å². The van der Waals surface area contributed by atoms with E-state index >= 15 is 0 Å². The van der Waals surface area contributed by atoms with E-state index in [0.29, 0.717) is 6.54 Å². The van der Waals surface area contributed by atoms with Gasteiger partial charge in [-0.3, -0.25) is 0 Å². The van der Waals surface area contributed by atoms with Crippen molar-refractivity contribution in [2.75, 3.05) is 0 Å². The fourth-order valence-corrected chi connectivity index (χ4v) is 36.4. The largest absolute Gasteiger partial charge is 0.326 e. The van der Waals surface area contributed by atoms with Gasteiger partial charge in [-0.25, -0.2) is 0 Å². The topological polar surface area (TPSA) is 26.0 Å². The van der Waals surface area contributed by atoms with Gasteiger partial charge >= 0.3 is 330 Å². The zero-order chi connectivity index (χ0) is 42.6. The minimum atomic E-state index is -4.78. The van der Waals surface area contributed by atoms with Crippen LogP contribution in [0.25, 0.3) is 77.5 Å². The molecule has 9 aromatic carbocycles. The van der Waals surface area contributed by atoms with Gasteiger partial charge in [-0.1, -0.05) is 24.3 Å². The van der Waals surface area contributed by atoms with E-state index in [0.717, 1.165) is 25.8 Å². The average molecular weight is 938 g/mol. The number of hydrogen-bond donors (Lipinski definition) is 1. The Morgan fingerprint density at radius 3 is 1.23 bits per heavy atom. The summed E-state index contributed by atoms with van der Waals surface area (Å²) < 4.78 is 0.103. The molecular formula is C57H49Cl2NSiZr. The van der Waals surface area contributed by atoms with Crippen molar-refractivity contribution in [2.45, 2.75) is 40.5 Å². The molecule has 0 saturated carbocycles.